The fourth-order valence-corrected chi connectivity index (χ4v) is 3.38. The quantitative estimate of drug-likeness (QED) is 0.770. The van der Waals surface area contributed by atoms with Crippen molar-refractivity contribution in [1.29, 1.82) is 0 Å². The van der Waals surface area contributed by atoms with Crippen LogP contribution < -0.4 is 10.0 Å². The van der Waals surface area contributed by atoms with E-state index in [0.717, 1.165) is 18.9 Å². The molecule has 0 unspecified atom stereocenters. The lowest BCUT2D eigenvalue weighted by molar-refractivity contribution is 0.488. The van der Waals surface area contributed by atoms with Gasteiger partial charge in [0.05, 0.1) is 11.8 Å². The predicted molar refractivity (Wildman–Crippen MR) is 64.9 cm³/mol. The van der Waals surface area contributed by atoms with Gasteiger partial charge in [-0.3, -0.25) is 0 Å². The largest absolute Gasteiger partial charge is 0.337 e. The van der Waals surface area contributed by atoms with Crippen LogP contribution in [0.2, 0.25) is 0 Å². The number of aryl methyl sites for hydroxylation is 1. The molecule has 2 heterocycles. The van der Waals surface area contributed by atoms with Crippen molar-refractivity contribution in [2.24, 2.45) is 7.05 Å². The van der Waals surface area contributed by atoms with Crippen LogP contribution in [0, 0.1) is 0 Å². The Morgan fingerprint density at radius 3 is 2.82 bits per heavy atom. The van der Waals surface area contributed by atoms with Crippen LogP contribution in [0.25, 0.3) is 0 Å². The number of nitrogens with zero attached hydrogens (tertiary/aromatic N) is 2. The van der Waals surface area contributed by atoms with Gasteiger partial charge in [-0.1, -0.05) is 0 Å². The first-order valence-electron chi connectivity index (χ1n) is 5.75. The van der Waals surface area contributed by atoms with Crippen molar-refractivity contribution in [3.05, 3.63) is 18.2 Å². The van der Waals surface area contributed by atoms with E-state index in [0.29, 0.717) is 12.8 Å². The fraction of sp³-hybridized carbons (Fsp3) is 0.700. The van der Waals surface area contributed by atoms with Crippen molar-refractivity contribution < 1.29 is 8.42 Å². The summed E-state index contributed by atoms with van der Waals surface area (Å²) in [5, 5.41) is 2.88. The summed E-state index contributed by atoms with van der Waals surface area (Å²) in [6.07, 6.45) is 4.81. The van der Waals surface area contributed by atoms with Gasteiger partial charge in [0, 0.05) is 19.4 Å². The van der Waals surface area contributed by atoms with Gasteiger partial charge in [0.2, 0.25) is 10.0 Å². The van der Waals surface area contributed by atoms with Crippen molar-refractivity contribution in [3.8, 4) is 0 Å². The average Bonchev–Trinajstić information content (AvgIpc) is 2.74. The molecule has 1 aliphatic heterocycles. The monoisotopic (exact) mass is 258 g/mol. The van der Waals surface area contributed by atoms with Crippen LogP contribution in [-0.4, -0.2) is 36.3 Å². The molecule has 7 heteroatoms. The maximum absolute atomic E-state index is 12.0. The van der Waals surface area contributed by atoms with Gasteiger partial charge in [-0.15, -0.1) is 0 Å². The first kappa shape index (κ1) is 12.5. The molecule has 0 aliphatic carbocycles. The number of nitrogens with one attached hydrogen (secondary N) is 2. The molecule has 6 nitrogen and oxygen atoms in total. The molecule has 2 rings (SSSR count). The zero-order chi connectivity index (χ0) is 12.3. The summed E-state index contributed by atoms with van der Waals surface area (Å²) in [6.45, 7) is 1.80. The second-order valence-electron chi connectivity index (χ2n) is 4.27. The summed E-state index contributed by atoms with van der Waals surface area (Å²) >= 11 is 0. The Morgan fingerprint density at radius 2 is 2.24 bits per heavy atom. The summed E-state index contributed by atoms with van der Waals surface area (Å²) in [6, 6.07) is 0. The highest BCUT2D eigenvalue weighted by Crippen LogP contribution is 2.12. The molecule has 1 aliphatic rings. The molecule has 0 saturated carbocycles. The molecule has 0 radical (unpaired) electrons. The van der Waals surface area contributed by atoms with Crippen molar-refractivity contribution in [1.82, 2.24) is 19.6 Å². The number of sulfonamides is 1. The molecular formula is C10H18N4O2S. The molecule has 0 amide bonds. The van der Waals surface area contributed by atoms with Gasteiger partial charge < -0.3 is 9.88 Å². The third-order valence-electron chi connectivity index (χ3n) is 3.08. The maximum Gasteiger partial charge on any atom is 0.214 e. The highest BCUT2D eigenvalue weighted by Gasteiger charge is 2.26. The van der Waals surface area contributed by atoms with E-state index < -0.39 is 10.0 Å². The summed E-state index contributed by atoms with van der Waals surface area (Å²) in [4.78, 5) is 4.09. The van der Waals surface area contributed by atoms with Crippen molar-refractivity contribution in [2.45, 2.75) is 24.6 Å². The zero-order valence-electron chi connectivity index (χ0n) is 9.89. The molecule has 1 aromatic rings. The molecule has 1 saturated heterocycles. The Bertz CT molecular complexity index is 462. The molecule has 0 bridgehead atoms. The lowest BCUT2D eigenvalue weighted by Crippen LogP contribution is -2.41. The van der Waals surface area contributed by atoms with Crippen molar-refractivity contribution in [3.63, 3.8) is 0 Å². The molecular weight excluding hydrogens is 240 g/mol. The molecule has 0 aromatic carbocycles. The minimum atomic E-state index is -3.22. The Morgan fingerprint density at radius 1 is 1.53 bits per heavy atom. The molecule has 1 aromatic heterocycles. The van der Waals surface area contributed by atoms with Crippen LogP contribution in [0.3, 0.4) is 0 Å². The first-order chi connectivity index (χ1) is 8.09. The topological polar surface area (TPSA) is 76.0 Å². The fourth-order valence-electron chi connectivity index (χ4n) is 1.96. The number of hydrogen-bond acceptors (Lipinski definition) is 4. The van der Waals surface area contributed by atoms with Gasteiger partial charge in [0.15, 0.2) is 0 Å². The molecule has 96 valence electrons. The second-order valence-corrected chi connectivity index (χ2v) is 6.32. The highest BCUT2D eigenvalue weighted by atomic mass is 32.2. The predicted octanol–water partition coefficient (Wildman–Crippen LogP) is -0.408. The minimum Gasteiger partial charge on any atom is -0.337 e. The van der Waals surface area contributed by atoms with Crippen LogP contribution in [0.4, 0.5) is 0 Å². The van der Waals surface area contributed by atoms with Gasteiger partial charge in [-0.05, 0) is 25.9 Å². The Balaban J connectivity index is 1.95. The minimum absolute atomic E-state index is 0.260. The van der Waals surface area contributed by atoms with Crippen molar-refractivity contribution >= 4 is 10.0 Å². The smallest absolute Gasteiger partial charge is 0.214 e. The third-order valence-corrected chi connectivity index (χ3v) is 4.97. The van der Waals surface area contributed by atoms with Crippen molar-refractivity contribution in [2.75, 3.05) is 13.1 Å². The normalized spacial score (nSPS) is 18.4. The number of rotatable bonds is 4. The molecule has 0 spiro atoms. The lowest BCUT2D eigenvalue weighted by atomic mass is 10.2. The number of aromatic nitrogens is 2. The third kappa shape index (κ3) is 3.05. The molecule has 1 fully saturated rings. The lowest BCUT2D eigenvalue weighted by Gasteiger charge is -2.22. The first-order valence-corrected chi connectivity index (χ1v) is 7.29. The van der Waals surface area contributed by atoms with Crippen LogP contribution in [-0.2, 0) is 23.6 Å². The number of piperidine rings is 1. The van der Waals surface area contributed by atoms with Gasteiger partial charge in [0.1, 0.15) is 5.82 Å². The van der Waals surface area contributed by atoms with Gasteiger partial charge in [0.25, 0.3) is 0 Å². The summed E-state index contributed by atoms with van der Waals surface area (Å²) in [5.41, 5.74) is 0. The van der Waals surface area contributed by atoms with Crippen LogP contribution >= 0.6 is 0 Å². The molecule has 17 heavy (non-hydrogen) atoms. The van der Waals surface area contributed by atoms with E-state index in [2.05, 4.69) is 15.0 Å². The Hall–Kier alpha value is -0.920. The SMILES string of the molecule is Cn1ccnc1CNS(=O)(=O)C1CCNCC1. The van der Waals surface area contributed by atoms with E-state index in [1.807, 2.05) is 11.6 Å². The Labute approximate surface area is 101 Å². The highest BCUT2D eigenvalue weighted by molar-refractivity contribution is 7.90. The summed E-state index contributed by atoms with van der Waals surface area (Å²) in [5.74, 6) is 0.725. The van der Waals surface area contributed by atoms with E-state index in [4.69, 9.17) is 0 Å². The summed E-state index contributed by atoms with van der Waals surface area (Å²) in [7, 11) is -1.37. The van der Waals surface area contributed by atoms with Crippen LogP contribution in [0.1, 0.15) is 18.7 Å². The van der Waals surface area contributed by atoms with E-state index >= 15 is 0 Å². The van der Waals surface area contributed by atoms with E-state index in [1.54, 1.807) is 12.4 Å². The number of imidazole rings is 1. The summed E-state index contributed by atoms with van der Waals surface area (Å²) < 4.78 is 28.5. The van der Waals surface area contributed by atoms with Gasteiger partial charge in [-0.2, -0.15) is 0 Å². The van der Waals surface area contributed by atoms with E-state index in [-0.39, 0.29) is 11.8 Å². The molecule has 2 N–H and O–H groups in total. The Kier molecular flexibility index (Phi) is 3.80. The molecule has 0 atom stereocenters. The zero-order valence-corrected chi connectivity index (χ0v) is 10.7. The van der Waals surface area contributed by atoms with Gasteiger partial charge in [-0.25, -0.2) is 18.1 Å². The van der Waals surface area contributed by atoms with Gasteiger partial charge >= 0.3 is 0 Å². The van der Waals surface area contributed by atoms with Crippen LogP contribution in [0.5, 0.6) is 0 Å². The van der Waals surface area contributed by atoms with E-state index in [1.165, 1.54) is 0 Å². The van der Waals surface area contributed by atoms with E-state index in [9.17, 15) is 8.42 Å². The number of hydrogen-bond donors (Lipinski definition) is 2. The average molecular weight is 258 g/mol. The standard InChI is InChI=1S/C10H18N4O2S/c1-14-7-6-12-10(14)8-13-17(15,16)9-2-4-11-5-3-9/h6-7,9,11,13H,2-5,8H2,1H3. The second kappa shape index (κ2) is 5.16. The maximum atomic E-state index is 12.0. The van der Waals surface area contributed by atoms with Crippen LogP contribution in [0.15, 0.2) is 12.4 Å².